The molecule has 0 atom stereocenters. The lowest BCUT2D eigenvalue weighted by Crippen LogP contribution is -2.15. The van der Waals surface area contributed by atoms with Gasteiger partial charge in [-0.15, -0.1) is 0 Å². The second-order valence-corrected chi connectivity index (χ2v) is 19.1. The highest BCUT2D eigenvalue weighted by atomic mass is 16.3. The van der Waals surface area contributed by atoms with E-state index in [0.717, 1.165) is 44.0 Å². The first-order valence-corrected chi connectivity index (χ1v) is 23.4. The molecule has 2 aromatic heterocycles. The van der Waals surface area contributed by atoms with Crippen LogP contribution >= 0.6 is 0 Å². The second-order valence-electron chi connectivity index (χ2n) is 19.1. The summed E-state index contributed by atoms with van der Waals surface area (Å²) in [7, 11) is 0. The Bertz CT molecular complexity index is 4380. The third-order valence-electron chi connectivity index (χ3n) is 15.3. The number of nitrogens with zero attached hydrogens (tertiary/aromatic N) is 1. The van der Waals surface area contributed by atoms with E-state index in [0.29, 0.717) is 0 Å². The summed E-state index contributed by atoms with van der Waals surface area (Å²) < 4.78 is 9.17. The van der Waals surface area contributed by atoms with Crippen molar-refractivity contribution in [2.45, 2.75) is 19.3 Å². The van der Waals surface area contributed by atoms with Gasteiger partial charge in [0.25, 0.3) is 0 Å². The number of hydrogen-bond acceptors (Lipinski definition) is 1. The number of furan rings is 1. The van der Waals surface area contributed by atoms with E-state index in [-0.39, 0.29) is 5.41 Å². The van der Waals surface area contributed by atoms with Crippen LogP contribution in [0, 0.1) is 0 Å². The molecule has 0 saturated heterocycles. The topological polar surface area (TPSA) is 18.1 Å². The Morgan fingerprint density at radius 2 is 0.866 bits per heavy atom. The van der Waals surface area contributed by atoms with Crippen LogP contribution in [0.15, 0.2) is 217 Å². The minimum absolute atomic E-state index is 0.196. The maximum absolute atomic E-state index is 6.78. The fraction of sp³-hybridized carbons (Fsp3) is 0.0462. The molecule has 0 aliphatic heterocycles. The van der Waals surface area contributed by atoms with Crippen LogP contribution in [-0.2, 0) is 5.41 Å². The Kier molecular flexibility index (Phi) is 7.32. The van der Waals surface area contributed by atoms with Crippen LogP contribution < -0.4 is 0 Å². The van der Waals surface area contributed by atoms with Crippen LogP contribution in [0.3, 0.4) is 0 Å². The lowest BCUT2D eigenvalue weighted by molar-refractivity contribution is 0.667. The zero-order valence-corrected chi connectivity index (χ0v) is 37.1. The predicted molar refractivity (Wildman–Crippen MR) is 284 cm³/mol. The molecule has 67 heavy (non-hydrogen) atoms. The normalized spacial score (nSPS) is 13.3. The van der Waals surface area contributed by atoms with E-state index in [4.69, 9.17) is 4.42 Å². The van der Waals surface area contributed by atoms with E-state index in [1.807, 2.05) is 0 Å². The molecule has 14 aromatic rings. The first-order valence-electron chi connectivity index (χ1n) is 23.4. The SMILES string of the molecule is CC1(C)c2ccc(-c3c4ccccc4c(-c4ccc5c(c4)c4c6oc7ccccc7c6ccc4n5-c4ccccc4)c4ccccc34)cc2-c2ccc3c4ccccc4c4ccccc4c3c21. The number of para-hydroxylation sites is 2. The van der Waals surface area contributed by atoms with Gasteiger partial charge in [-0.3, -0.25) is 0 Å². The lowest BCUT2D eigenvalue weighted by Gasteiger charge is -2.25. The Hall–Kier alpha value is -8.46. The maximum Gasteiger partial charge on any atom is 0.145 e. The summed E-state index contributed by atoms with van der Waals surface area (Å²) in [4.78, 5) is 0. The molecule has 0 radical (unpaired) electrons. The maximum atomic E-state index is 6.78. The molecule has 2 heterocycles. The van der Waals surface area contributed by atoms with Gasteiger partial charge in [-0.2, -0.15) is 0 Å². The molecule has 0 fully saturated rings. The van der Waals surface area contributed by atoms with Crippen molar-refractivity contribution in [2.24, 2.45) is 0 Å². The molecule has 0 saturated carbocycles. The second kappa shape index (κ2) is 13.3. The lowest BCUT2D eigenvalue weighted by atomic mass is 9.78. The predicted octanol–water partition coefficient (Wildman–Crippen LogP) is 18.1. The van der Waals surface area contributed by atoms with E-state index in [9.17, 15) is 0 Å². The first-order chi connectivity index (χ1) is 33.0. The minimum Gasteiger partial charge on any atom is -0.455 e. The molecule has 2 nitrogen and oxygen atoms in total. The van der Waals surface area contributed by atoms with Gasteiger partial charge in [0.1, 0.15) is 11.2 Å². The molecule has 0 N–H and O–H groups in total. The smallest absolute Gasteiger partial charge is 0.145 e. The van der Waals surface area contributed by atoms with Crippen molar-refractivity contribution in [3.05, 3.63) is 223 Å². The Balaban J connectivity index is 0.981. The minimum atomic E-state index is -0.196. The average Bonchev–Trinajstić information content (AvgIpc) is 4.00. The summed E-state index contributed by atoms with van der Waals surface area (Å²) >= 11 is 0. The summed E-state index contributed by atoms with van der Waals surface area (Å²) in [6.45, 7) is 4.85. The van der Waals surface area contributed by atoms with Crippen LogP contribution in [0.5, 0.6) is 0 Å². The summed E-state index contributed by atoms with van der Waals surface area (Å²) in [5.41, 5.74) is 15.4. The fourth-order valence-electron chi connectivity index (χ4n) is 12.5. The van der Waals surface area contributed by atoms with Crippen LogP contribution in [0.1, 0.15) is 25.0 Å². The van der Waals surface area contributed by atoms with Crippen LogP contribution in [-0.4, -0.2) is 4.57 Å². The van der Waals surface area contributed by atoms with Gasteiger partial charge in [-0.1, -0.05) is 178 Å². The van der Waals surface area contributed by atoms with E-state index in [2.05, 4.69) is 231 Å². The number of fused-ring (bicyclic) bond motifs is 19. The molecule has 312 valence electrons. The highest BCUT2D eigenvalue weighted by Gasteiger charge is 2.38. The Labute approximate surface area is 386 Å². The van der Waals surface area contributed by atoms with Gasteiger partial charge in [0.15, 0.2) is 0 Å². The fourth-order valence-corrected chi connectivity index (χ4v) is 12.5. The third kappa shape index (κ3) is 4.89. The molecular weight excluding hydrogens is 811 g/mol. The van der Waals surface area contributed by atoms with Crippen LogP contribution in [0.4, 0.5) is 0 Å². The molecule has 2 heteroatoms. The van der Waals surface area contributed by atoms with Crippen molar-refractivity contribution in [1.82, 2.24) is 4.57 Å². The highest BCUT2D eigenvalue weighted by molar-refractivity contribution is 6.29. The van der Waals surface area contributed by atoms with Crippen LogP contribution in [0.2, 0.25) is 0 Å². The number of hydrogen-bond donors (Lipinski definition) is 0. The summed E-state index contributed by atoms with van der Waals surface area (Å²) in [6, 6.07) is 78.8. The van der Waals surface area contributed by atoms with Crippen molar-refractivity contribution in [3.8, 4) is 39.1 Å². The zero-order chi connectivity index (χ0) is 44.1. The summed E-state index contributed by atoms with van der Waals surface area (Å²) in [6.07, 6.45) is 0. The van der Waals surface area contributed by atoms with Crippen molar-refractivity contribution < 1.29 is 4.42 Å². The molecule has 0 spiro atoms. The van der Waals surface area contributed by atoms with E-state index < -0.39 is 0 Å². The molecule has 0 amide bonds. The molecule has 0 bridgehead atoms. The number of aromatic nitrogens is 1. The van der Waals surface area contributed by atoms with Gasteiger partial charge < -0.3 is 8.98 Å². The molecule has 1 aliphatic carbocycles. The van der Waals surface area contributed by atoms with Gasteiger partial charge in [-0.25, -0.2) is 0 Å². The molecule has 1 aliphatic rings. The quantitative estimate of drug-likeness (QED) is 0.128. The first kappa shape index (κ1) is 36.8. The van der Waals surface area contributed by atoms with E-state index in [1.165, 1.54) is 104 Å². The highest BCUT2D eigenvalue weighted by Crippen LogP contribution is 2.55. The summed E-state index contributed by atoms with van der Waals surface area (Å²) in [5.74, 6) is 0. The molecule has 15 rings (SSSR count). The van der Waals surface area contributed by atoms with Crippen molar-refractivity contribution in [3.63, 3.8) is 0 Å². The largest absolute Gasteiger partial charge is 0.455 e. The molecule has 12 aromatic carbocycles. The van der Waals surface area contributed by atoms with Gasteiger partial charge in [0.05, 0.1) is 16.4 Å². The standard InChI is InChI=1S/C65H41NO/c1-65(2)55-33-28-38(36-53(55)51-31-30-50-43-20-7-6-18-41(43)42-19-8-9-22-45(42)61(50)63(51)65)59-46-23-10-12-25-48(46)60(49-26-13-11-24-47(49)59)39-29-34-56-54(37-39)62-57(66(56)40-16-4-3-5-17-40)35-32-52-44-21-14-15-27-58(44)67-64(52)62/h3-37H,1-2H3. The van der Waals surface area contributed by atoms with E-state index >= 15 is 0 Å². The van der Waals surface area contributed by atoms with Gasteiger partial charge in [0.2, 0.25) is 0 Å². The summed E-state index contributed by atoms with van der Waals surface area (Å²) in [5, 5.41) is 17.5. The van der Waals surface area contributed by atoms with Gasteiger partial charge in [0, 0.05) is 27.3 Å². The van der Waals surface area contributed by atoms with Gasteiger partial charge >= 0.3 is 0 Å². The Morgan fingerprint density at radius 1 is 0.358 bits per heavy atom. The zero-order valence-electron chi connectivity index (χ0n) is 37.1. The van der Waals surface area contributed by atoms with Crippen LogP contribution in [0.25, 0.3) is 137 Å². The molecular formula is C65H41NO. The van der Waals surface area contributed by atoms with Crippen molar-refractivity contribution in [1.29, 1.82) is 0 Å². The number of benzene rings is 12. The number of rotatable bonds is 3. The molecule has 0 unspecified atom stereocenters. The van der Waals surface area contributed by atoms with E-state index in [1.54, 1.807) is 0 Å². The van der Waals surface area contributed by atoms with Crippen molar-refractivity contribution >= 4 is 97.6 Å². The Morgan fingerprint density at radius 3 is 1.54 bits per heavy atom. The monoisotopic (exact) mass is 851 g/mol. The van der Waals surface area contributed by atoms with Gasteiger partial charge in [-0.05, 0) is 147 Å². The third-order valence-corrected chi connectivity index (χ3v) is 15.3. The average molecular weight is 852 g/mol. The van der Waals surface area contributed by atoms with Crippen molar-refractivity contribution in [2.75, 3.05) is 0 Å².